The minimum absolute atomic E-state index is 0.215. The molecule has 27 heavy (non-hydrogen) atoms. The Labute approximate surface area is 175 Å². The maximum Gasteiger partial charge on any atom is 0.180 e. The average molecular weight is 433 g/mol. The number of halogens is 3. The lowest BCUT2D eigenvalue weighted by atomic mass is 10.2. The molecular weight excluding hydrogens is 409 g/mol. The second-order valence-electron chi connectivity index (χ2n) is 5.98. The molecule has 0 spiro atoms. The third-order valence-corrected chi connectivity index (χ3v) is 4.85. The SMILES string of the molecule is CCOc1cc(CNCCCCO)cc(Cl)c1OCc1ccc(Cl)c(Cl)c1. The predicted octanol–water partition coefficient (Wildman–Crippen LogP) is 5.49. The van der Waals surface area contributed by atoms with E-state index in [-0.39, 0.29) is 6.61 Å². The molecule has 2 rings (SSSR count). The number of aliphatic hydroxyl groups excluding tert-OH is 1. The number of nitrogens with one attached hydrogen (secondary N) is 1. The molecule has 148 valence electrons. The van der Waals surface area contributed by atoms with Crippen molar-refractivity contribution in [2.24, 2.45) is 0 Å². The van der Waals surface area contributed by atoms with Gasteiger partial charge in [-0.3, -0.25) is 0 Å². The maximum absolute atomic E-state index is 8.82. The van der Waals surface area contributed by atoms with Gasteiger partial charge in [-0.1, -0.05) is 40.9 Å². The summed E-state index contributed by atoms with van der Waals surface area (Å²) in [6.07, 6.45) is 1.72. The van der Waals surface area contributed by atoms with Crippen LogP contribution in [0.25, 0.3) is 0 Å². The summed E-state index contributed by atoms with van der Waals surface area (Å²) in [5.41, 5.74) is 1.90. The van der Waals surface area contributed by atoms with E-state index in [4.69, 9.17) is 49.4 Å². The van der Waals surface area contributed by atoms with Crippen molar-refractivity contribution in [1.29, 1.82) is 0 Å². The Hall–Kier alpha value is -1.17. The van der Waals surface area contributed by atoms with Crippen LogP contribution in [0.1, 0.15) is 30.9 Å². The molecule has 2 aromatic carbocycles. The lowest BCUT2D eigenvalue weighted by molar-refractivity contribution is 0.269. The van der Waals surface area contributed by atoms with E-state index in [9.17, 15) is 0 Å². The highest BCUT2D eigenvalue weighted by Gasteiger charge is 2.13. The van der Waals surface area contributed by atoms with Crippen LogP contribution in [-0.4, -0.2) is 24.9 Å². The molecule has 0 saturated heterocycles. The molecule has 0 aliphatic rings. The van der Waals surface area contributed by atoms with Gasteiger partial charge in [0.2, 0.25) is 0 Å². The Bertz CT molecular complexity index is 741. The van der Waals surface area contributed by atoms with Gasteiger partial charge in [0.25, 0.3) is 0 Å². The fourth-order valence-corrected chi connectivity index (χ4v) is 3.11. The summed E-state index contributed by atoms with van der Waals surface area (Å²) in [5.74, 6) is 1.12. The van der Waals surface area contributed by atoms with Crippen molar-refractivity contribution in [3.8, 4) is 11.5 Å². The third kappa shape index (κ3) is 7.05. The van der Waals surface area contributed by atoms with Crippen LogP contribution in [0, 0.1) is 0 Å². The first-order chi connectivity index (χ1) is 13.0. The summed E-state index contributed by atoms with van der Waals surface area (Å²) in [7, 11) is 0. The molecule has 0 aliphatic heterocycles. The molecule has 2 aromatic rings. The zero-order valence-electron chi connectivity index (χ0n) is 15.2. The van der Waals surface area contributed by atoms with Crippen molar-refractivity contribution in [3.05, 3.63) is 56.5 Å². The van der Waals surface area contributed by atoms with Crippen LogP contribution in [0.15, 0.2) is 30.3 Å². The molecular formula is C20H24Cl3NO3. The number of hydrogen-bond acceptors (Lipinski definition) is 4. The molecule has 0 saturated carbocycles. The van der Waals surface area contributed by atoms with E-state index in [2.05, 4.69) is 5.32 Å². The third-order valence-electron chi connectivity index (χ3n) is 3.83. The fraction of sp³-hybridized carbons (Fsp3) is 0.400. The number of rotatable bonds is 11. The maximum atomic E-state index is 8.82. The van der Waals surface area contributed by atoms with Crippen molar-refractivity contribution < 1.29 is 14.6 Å². The molecule has 7 heteroatoms. The highest BCUT2D eigenvalue weighted by atomic mass is 35.5. The van der Waals surface area contributed by atoms with Crippen LogP contribution in [0.5, 0.6) is 11.5 Å². The molecule has 0 heterocycles. The van der Waals surface area contributed by atoms with Gasteiger partial charge in [-0.15, -0.1) is 0 Å². The minimum atomic E-state index is 0.215. The second kappa shape index (κ2) is 11.6. The average Bonchev–Trinajstić information content (AvgIpc) is 2.64. The Morgan fingerprint density at radius 2 is 1.70 bits per heavy atom. The second-order valence-corrected chi connectivity index (χ2v) is 7.20. The molecule has 0 aliphatic carbocycles. The van der Waals surface area contributed by atoms with Gasteiger partial charge >= 0.3 is 0 Å². The van der Waals surface area contributed by atoms with Crippen LogP contribution in [0.2, 0.25) is 15.1 Å². The minimum Gasteiger partial charge on any atom is -0.490 e. The van der Waals surface area contributed by atoms with Gasteiger partial charge < -0.3 is 19.9 Å². The first kappa shape index (κ1) is 22.1. The number of benzene rings is 2. The predicted molar refractivity (Wildman–Crippen MR) is 111 cm³/mol. The Balaban J connectivity index is 2.06. The Morgan fingerprint density at radius 3 is 2.41 bits per heavy atom. The van der Waals surface area contributed by atoms with Crippen molar-refractivity contribution >= 4 is 34.8 Å². The number of hydrogen-bond donors (Lipinski definition) is 2. The summed E-state index contributed by atoms with van der Waals surface area (Å²) in [5, 5.41) is 13.6. The van der Waals surface area contributed by atoms with Crippen LogP contribution in [-0.2, 0) is 13.2 Å². The van der Waals surface area contributed by atoms with Gasteiger partial charge in [0.1, 0.15) is 6.61 Å². The lowest BCUT2D eigenvalue weighted by Gasteiger charge is -2.16. The number of ether oxygens (including phenoxy) is 2. The molecule has 0 fully saturated rings. The van der Waals surface area contributed by atoms with Gasteiger partial charge in [0.15, 0.2) is 11.5 Å². The van der Waals surface area contributed by atoms with Gasteiger partial charge in [0.05, 0.1) is 21.7 Å². The van der Waals surface area contributed by atoms with E-state index in [1.54, 1.807) is 12.1 Å². The lowest BCUT2D eigenvalue weighted by Crippen LogP contribution is -2.15. The summed E-state index contributed by atoms with van der Waals surface area (Å²) in [6.45, 7) is 4.43. The first-order valence-corrected chi connectivity index (χ1v) is 10.0. The standard InChI is InChI=1S/C20H24Cl3NO3/c1-2-26-19-11-15(12-24-7-3-4-8-25)10-18(23)20(19)27-13-14-5-6-16(21)17(22)9-14/h5-6,9-11,24-25H,2-4,7-8,12-13H2,1H3. The van der Waals surface area contributed by atoms with Gasteiger partial charge in [0, 0.05) is 13.2 Å². The highest BCUT2D eigenvalue weighted by molar-refractivity contribution is 6.42. The molecule has 2 N–H and O–H groups in total. The van der Waals surface area contributed by atoms with Crippen LogP contribution in [0.4, 0.5) is 0 Å². The van der Waals surface area contributed by atoms with E-state index < -0.39 is 0 Å². The summed E-state index contributed by atoms with van der Waals surface area (Å²) in [4.78, 5) is 0. The monoisotopic (exact) mass is 431 g/mol. The molecule has 0 radical (unpaired) electrons. The molecule has 0 aromatic heterocycles. The topological polar surface area (TPSA) is 50.7 Å². The zero-order valence-corrected chi connectivity index (χ0v) is 17.5. The number of unbranched alkanes of at least 4 members (excludes halogenated alkanes) is 1. The summed E-state index contributed by atoms with van der Waals surface area (Å²) < 4.78 is 11.6. The van der Waals surface area contributed by atoms with E-state index in [1.807, 2.05) is 25.1 Å². The first-order valence-electron chi connectivity index (χ1n) is 8.88. The molecule has 4 nitrogen and oxygen atoms in total. The summed E-state index contributed by atoms with van der Waals surface area (Å²) in [6, 6.07) is 9.15. The van der Waals surface area contributed by atoms with E-state index in [1.165, 1.54) is 0 Å². The molecule has 0 atom stereocenters. The van der Waals surface area contributed by atoms with Crippen molar-refractivity contribution in [3.63, 3.8) is 0 Å². The van der Waals surface area contributed by atoms with Gasteiger partial charge in [-0.2, -0.15) is 0 Å². The Morgan fingerprint density at radius 1 is 0.926 bits per heavy atom. The largest absolute Gasteiger partial charge is 0.490 e. The molecule has 0 unspecified atom stereocenters. The van der Waals surface area contributed by atoms with Crippen LogP contribution >= 0.6 is 34.8 Å². The van der Waals surface area contributed by atoms with Crippen molar-refractivity contribution in [2.75, 3.05) is 19.8 Å². The van der Waals surface area contributed by atoms with Gasteiger partial charge in [-0.05, 0) is 61.7 Å². The highest BCUT2D eigenvalue weighted by Crippen LogP contribution is 2.37. The quantitative estimate of drug-likeness (QED) is 0.461. The zero-order chi connectivity index (χ0) is 19.6. The van der Waals surface area contributed by atoms with Crippen molar-refractivity contribution in [1.82, 2.24) is 5.32 Å². The van der Waals surface area contributed by atoms with Gasteiger partial charge in [-0.25, -0.2) is 0 Å². The van der Waals surface area contributed by atoms with Crippen molar-refractivity contribution in [2.45, 2.75) is 32.9 Å². The molecule has 0 amide bonds. The van der Waals surface area contributed by atoms with Crippen LogP contribution in [0.3, 0.4) is 0 Å². The van der Waals surface area contributed by atoms with E-state index in [0.717, 1.165) is 30.5 Å². The summed E-state index contributed by atoms with van der Waals surface area (Å²) >= 11 is 18.4. The normalized spacial score (nSPS) is 10.9. The fourth-order valence-electron chi connectivity index (χ4n) is 2.51. The van der Waals surface area contributed by atoms with E-state index in [0.29, 0.717) is 46.3 Å². The molecule has 0 bridgehead atoms. The Kier molecular flexibility index (Phi) is 9.52. The number of aliphatic hydroxyl groups is 1. The van der Waals surface area contributed by atoms with Crippen LogP contribution < -0.4 is 14.8 Å². The van der Waals surface area contributed by atoms with E-state index >= 15 is 0 Å². The smallest absolute Gasteiger partial charge is 0.180 e.